The van der Waals surface area contributed by atoms with Gasteiger partial charge in [-0.3, -0.25) is 4.79 Å². The fraction of sp³-hybridized carbons (Fsp3) is 0.533. The molecule has 1 rings (SSSR count). The van der Waals surface area contributed by atoms with Gasteiger partial charge >= 0.3 is 0 Å². The normalized spacial score (nSPS) is 10.4. The van der Waals surface area contributed by atoms with Crippen LogP contribution in [-0.4, -0.2) is 33.2 Å². The lowest BCUT2D eigenvalue weighted by molar-refractivity contribution is -0.120. The maximum absolute atomic E-state index is 11.4. The third kappa shape index (κ3) is 3.96. The molecule has 19 heavy (non-hydrogen) atoms. The van der Waals surface area contributed by atoms with Gasteiger partial charge < -0.3 is 15.4 Å². The van der Waals surface area contributed by atoms with Gasteiger partial charge in [0.05, 0.1) is 13.7 Å². The highest BCUT2D eigenvalue weighted by Crippen LogP contribution is 2.28. The van der Waals surface area contributed by atoms with E-state index >= 15 is 0 Å². The summed E-state index contributed by atoms with van der Waals surface area (Å²) in [7, 11) is 3.46. The fourth-order valence-corrected chi connectivity index (χ4v) is 2.28. The van der Waals surface area contributed by atoms with E-state index in [9.17, 15) is 4.79 Å². The molecule has 1 aromatic carbocycles. The van der Waals surface area contributed by atoms with Crippen molar-refractivity contribution in [3.05, 3.63) is 28.3 Å². The molecule has 106 valence electrons. The summed E-state index contributed by atoms with van der Waals surface area (Å²) in [5, 5.41) is 5.73. The van der Waals surface area contributed by atoms with E-state index in [0.29, 0.717) is 13.1 Å². The van der Waals surface area contributed by atoms with Gasteiger partial charge in [0, 0.05) is 6.54 Å². The van der Waals surface area contributed by atoms with Crippen molar-refractivity contribution in [1.29, 1.82) is 0 Å². The van der Waals surface area contributed by atoms with Gasteiger partial charge in [0.2, 0.25) is 5.91 Å². The molecule has 0 spiro atoms. The molecule has 4 nitrogen and oxygen atoms in total. The summed E-state index contributed by atoms with van der Waals surface area (Å²) in [5.41, 5.74) is 4.83. The molecule has 0 fully saturated rings. The van der Waals surface area contributed by atoms with Gasteiger partial charge in [0.15, 0.2) is 0 Å². The van der Waals surface area contributed by atoms with E-state index < -0.39 is 0 Å². The van der Waals surface area contributed by atoms with Gasteiger partial charge in [-0.2, -0.15) is 0 Å². The number of ether oxygens (including phenoxy) is 1. The Balaban J connectivity index is 2.72. The average molecular weight is 264 g/mol. The van der Waals surface area contributed by atoms with Crippen molar-refractivity contribution in [2.24, 2.45) is 0 Å². The number of carbonyl (C=O) groups excluding carboxylic acids is 1. The molecule has 1 amide bonds. The predicted molar refractivity (Wildman–Crippen MR) is 77.8 cm³/mol. The standard InChI is InChI=1S/C15H24N2O2/c1-10-8-13(6-7-17-14(18)9-16-4)11(2)12(3)15(10)19-5/h8,16H,6-7,9H2,1-5H3,(H,17,18). The lowest BCUT2D eigenvalue weighted by Gasteiger charge is -2.16. The Morgan fingerprint density at radius 3 is 2.53 bits per heavy atom. The van der Waals surface area contributed by atoms with Crippen LogP contribution in [0.15, 0.2) is 6.07 Å². The van der Waals surface area contributed by atoms with Crippen molar-refractivity contribution in [1.82, 2.24) is 10.6 Å². The highest BCUT2D eigenvalue weighted by atomic mass is 16.5. The van der Waals surface area contributed by atoms with E-state index in [0.717, 1.165) is 17.7 Å². The number of rotatable bonds is 6. The van der Waals surface area contributed by atoms with E-state index in [4.69, 9.17) is 4.74 Å². The molecule has 0 atom stereocenters. The molecule has 4 heteroatoms. The summed E-state index contributed by atoms with van der Waals surface area (Å²) < 4.78 is 5.41. The second kappa shape index (κ2) is 7.14. The van der Waals surface area contributed by atoms with Crippen molar-refractivity contribution in [2.75, 3.05) is 27.2 Å². The maximum Gasteiger partial charge on any atom is 0.233 e. The van der Waals surface area contributed by atoms with E-state index in [2.05, 4.69) is 30.5 Å². The minimum absolute atomic E-state index is 0.0297. The predicted octanol–water partition coefficient (Wildman–Crippen LogP) is 1.50. The number of amides is 1. The fourth-order valence-electron chi connectivity index (χ4n) is 2.28. The number of aryl methyl sites for hydroxylation is 1. The first-order chi connectivity index (χ1) is 9.01. The van der Waals surface area contributed by atoms with Crippen LogP contribution >= 0.6 is 0 Å². The van der Waals surface area contributed by atoms with Gasteiger partial charge in [0.25, 0.3) is 0 Å². The Labute approximate surface area is 115 Å². The third-order valence-corrected chi connectivity index (χ3v) is 3.39. The second-order valence-corrected chi connectivity index (χ2v) is 4.77. The first kappa shape index (κ1) is 15.5. The summed E-state index contributed by atoms with van der Waals surface area (Å²) in [5.74, 6) is 0.988. The van der Waals surface area contributed by atoms with Gasteiger partial charge in [-0.25, -0.2) is 0 Å². The molecule has 0 aliphatic heterocycles. The van der Waals surface area contributed by atoms with Crippen LogP contribution < -0.4 is 15.4 Å². The number of nitrogens with one attached hydrogen (secondary N) is 2. The molecular formula is C15H24N2O2. The first-order valence-electron chi connectivity index (χ1n) is 6.56. The quantitative estimate of drug-likeness (QED) is 0.818. The lowest BCUT2D eigenvalue weighted by Crippen LogP contribution is -2.33. The SMILES string of the molecule is CNCC(=O)NCCc1cc(C)c(OC)c(C)c1C. The summed E-state index contributed by atoms with van der Waals surface area (Å²) in [4.78, 5) is 11.4. The zero-order chi connectivity index (χ0) is 14.4. The summed E-state index contributed by atoms with van der Waals surface area (Å²) >= 11 is 0. The van der Waals surface area contributed by atoms with Crippen LogP contribution in [-0.2, 0) is 11.2 Å². The van der Waals surface area contributed by atoms with E-state index in [1.165, 1.54) is 16.7 Å². The Kier molecular flexibility index (Phi) is 5.83. The van der Waals surface area contributed by atoms with Gasteiger partial charge in [-0.05, 0) is 56.5 Å². The lowest BCUT2D eigenvalue weighted by atomic mass is 9.96. The van der Waals surface area contributed by atoms with Gasteiger partial charge in [0.1, 0.15) is 5.75 Å². The topological polar surface area (TPSA) is 50.4 Å². The van der Waals surface area contributed by atoms with Gasteiger partial charge in [-0.1, -0.05) is 6.07 Å². The molecule has 0 aliphatic rings. The number of hydrogen-bond donors (Lipinski definition) is 2. The Morgan fingerprint density at radius 1 is 1.26 bits per heavy atom. The average Bonchev–Trinajstić information content (AvgIpc) is 2.36. The highest BCUT2D eigenvalue weighted by molar-refractivity contribution is 5.77. The summed E-state index contributed by atoms with van der Waals surface area (Å²) in [6.45, 7) is 7.24. The summed E-state index contributed by atoms with van der Waals surface area (Å²) in [6, 6.07) is 2.14. The molecule has 0 saturated heterocycles. The Bertz CT molecular complexity index is 456. The maximum atomic E-state index is 11.4. The second-order valence-electron chi connectivity index (χ2n) is 4.77. The molecule has 2 N–H and O–H groups in total. The van der Waals surface area contributed by atoms with Crippen molar-refractivity contribution in [3.63, 3.8) is 0 Å². The van der Waals surface area contributed by atoms with Crippen LogP contribution in [0.5, 0.6) is 5.75 Å². The van der Waals surface area contributed by atoms with Crippen molar-refractivity contribution in [3.8, 4) is 5.75 Å². The molecule has 0 bridgehead atoms. The highest BCUT2D eigenvalue weighted by Gasteiger charge is 2.10. The number of hydrogen-bond acceptors (Lipinski definition) is 3. The molecule has 0 unspecified atom stereocenters. The zero-order valence-electron chi connectivity index (χ0n) is 12.5. The van der Waals surface area contributed by atoms with Crippen LogP contribution in [0.25, 0.3) is 0 Å². The molecule has 0 aliphatic carbocycles. The van der Waals surface area contributed by atoms with Crippen LogP contribution in [0.1, 0.15) is 22.3 Å². The van der Waals surface area contributed by atoms with Crippen molar-refractivity contribution < 1.29 is 9.53 Å². The van der Waals surface area contributed by atoms with Crippen molar-refractivity contribution in [2.45, 2.75) is 27.2 Å². The Morgan fingerprint density at radius 2 is 1.95 bits per heavy atom. The number of benzene rings is 1. The molecule has 0 heterocycles. The number of likely N-dealkylation sites (N-methyl/N-ethyl adjacent to an activating group) is 1. The molecule has 0 aromatic heterocycles. The minimum Gasteiger partial charge on any atom is -0.496 e. The van der Waals surface area contributed by atoms with Crippen LogP contribution in [0.2, 0.25) is 0 Å². The van der Waals surface area contributed by atoms with E-state index in [-0.39, 0.29) is 5.91 Å². The van der Waals surface area contributed by atoms with Crippen LogP contribution in [0.4, 0.5) is 0 Å². The molecule has 1 aromatic rings. The van der Waals surface area contributed by atoms with Crippen LogP contribution in [0, 0.1) is 20.8 Å². The monoisotopic (exact) mass is 264 g/mol. The molecule has 0 radical (unpaired) electrons. The van der Waals surface area contributed by atoms with Gasteiger partial charge in [-0.15, -0.1) is 0 Å². The molecular weight excluding hydrogens is 240 g/mol. The van der Waals surface area contributed by atoms with E-state index in [1.807, 2.05) is 6.92 Å². The zero-order valence-corrected chi connectivity index (χ0v) is 12.5. The number of methoxy groups -OCH3 is 1. The Hall–Kier alpha value is -1.55. The minimum atomic E-state index is 0.0297. The summed E-state index contributed by atoms with van der Waals surface area (Å²) in [6.07, 6.45) is 0.840. The third-order valence-electron chi connectivity index (χ3n) is 3.39. The smallest absolute Gasteiger partial charge is 0.233 e. The first-order valence-corrected chi connectivity index (χ1v) is 6.56. The largest absolute Gasteiger partial charge is 0.496 e. The van der Waals surface area contributed by atoms with Crippen molar-refractivity contribution >= 4 is 5.91 Å². The molecule has 0 saturated carbocycles. The van der Waals surface area contributed by atoms with Crippen LogP contribution in [0.3, 0.4) is 0 Å². The number of carbonyl (C=O) groups is 1. The van der Waals surface area contributed by atoms with E-state index in [1.54, 1.807) is 14.2 Å².